The van der Waals surface area contributed by atoms with Crippen LogP contribution in [-0.4, -0.2) is 18.4 Å². The summed E-state index contributed by atoms with van der Waals surface area (Å²) in [6.07, 6.45) is 0. The van der Waals surface area contributed by atoms with Crippen LogP contribution in [0.25, 0.3) is 22.4 Å². The van der Waals surface area contributed by atoms with Gasteiger partial charge < -0.3 is 4.98 Å². The summed E-state index contributed by atoms with van der Waals surface area (Å²) in [5.74, 6) is 0.679. The van der Waals surface area contributed by atoms with E-state index in [4.69, 9.17) is 11.6 Å². The van der Waals surface area contributed by atoms with Gasteiger partial charge in [0.2, 0.25) is 0 Å². The zero-order valence-corrected chi connectivity index (χ0v) is 15.1. The Kier molecular flexibility index (Phi) is 4.14. The molecule has 0 amide bonds. The van der Waals surface area contributed by atoms with Crippen molar-refractivity contribution in [3.63, 3.8) is 0 Å². The van der Waals surface area contributed by atoms with Gasteiger partial charge in [-0.1, -0.05) is 35.9 Å². The largest absolute Gasteiger partial charge is 0.338 e. The van der Waals surface area contributed by atoms with Gasteiger partial charge in [0.1, 0.15) is 5.82 Å². The molecule has 0 bridgehead atoms. The molecular weight excluding hydrogens is 370 g/mol. The van der Waals surface area contributed by atoms with E-state index in [0.717, 1.165) is 16.6 Å². The monoisotopic (exact) mass is 383 g/mol. The molecule has 0 spiro atoms. The highest BCUT2D eigenvalue weighted by atomic mass is 35.5. The van der Waals surface area contributed by atoms with Crippen LogP contribution in [0.2, 0.25) is 5.02 Å². The van der Waals surface area contributed by atoms with E-state index >= 15 is 0 Å². The van der Waals surface area contributed by atoms with Crippen molar-refractivity contribution in [2.24, 2.45) is 0 Å². The minimum Gasteiger partial charge on any atom is -0.338 e. The van der Waals surface area contributed by atoms with E-state index in [1.165, 1.54) is 12.1 Å². The van der Waals surface area contributed by atoms with Gasteiger partial charge in [0.25, 0.3) is 10.0 Å². The highest BCUT2D eigenvalue weighted by Gasteiger charge is 2.14. The van der Waals surface area contributed by atoms with E-state index in [2.05, 4.69) is 14.7 Å². The molecule has 7 heteroatoms. The minimum absolute atomic E-state index is 0.149. The molecule has 0 aliphatic heterocycles. The van der Waals surface area contributed by atoms with Gasteiger partial charge >= 0.3 is 0 Å². The van der Waals surface area contributed by atoms with E-state index in [-0.39, 0.29) is 4.90 Å². The van der Waals surface area contributed by atoms with Crippen LogP contribution < -0.4 is 4.72 Å². The Balaban J connectivity index is 1.66. The van der Waals surface area contributed by atoms with E-state index < -0.39 is 10.0 Å². The van der Waals surface area contributed by atoms with Crippen molar-refractivity contribution in [1.82, 2.24) is 9.97 Å². The minimum atomic E-state index is -3.69. The summed E-state index contributed by atoms with van der Waals surface area (Å²) < 4.78 is 27.6. The Morgan fingerprint density at radius 3 is 2.46 bits per heavy atom. The first-order valence-corrected chi connectivity index (χ1v) is 9.71. The molecule has 0 unspecified atom stereocenters. The zero-order valence-electron chi connectivity index (χ0n) is 13.5. The van der Waals surface area contributed by atoms with E-state index in [0.29, 0.717) is 16.5 Å². The molecule has 3 aromatic carbocycles. The molecule has 4 rings (SSSR count). The summed E-state index contributed by atoms with van der Waals surface area (Å²) in [6, 6.07) is 20.8. The first kappa shape index (κ1) is 16.6. The van der Waals surface area contributed by atoms with Crippen molar-refractivity contribution in [3.8, 4) is 11.4 Å². The summed E-state index contributed by atoms with van der Waals surface area (Å²) in [4.78, 5) is 7.93. The van der Waals surface area contributed by atoms with Crippen molar-refractivity contribution in [3.05, 3.63) is 77.8 Å². The Labute approximate surface area is 155 Å². The van der Waals surface area contributed by atoms with Crippen molar-refractivity contribution >= 4 is 38.3 Å². The van der Waals surface area contributed by atoms with Crippen LogP contribution >= 0.6 is 11.6 Å². The molecule has 26 heavy (non-hydrogen) atoms. The fourth-order valence-electron chi connectivity index (χ4n) is 2.65. The molecule has 1 heterocycles. The summed E-state index contributed by atoms with van der Waals surface area (Å²) in [7, 11) is -3.69. The first-order valence-electron chi connectivity index (χ1n) is 7.85. The third-order valence-corrected chi connectivity index (χ3v) is 5.55. The van der Waals surface area contributed by atoms with Gasteiger partial charge in [-0.05, 0) is 48.5 Å². The van der Waals surface area contributed by atoms with Crippen LogP contribution in [0.3, 0.4) is 0 Å². The maximum absolute atomic E-state index is 12.5. The molecule has 0 fully saturated rings. The van der Waals surface area contributed by atoms with Crippen LogP contribution in [-0.2, 0) is 10.0 Å². The number of halogens is 1. The lowest BCUT2D eigenvalue weighted by Crippen LogP contribution is -2.12. The summed E-state index contributed by atoms with van der Waals surface area (Å²) in [5.41, 5.74) is 3.03. The third kappa shape index (κ3) is 3.29. The summed E-state index contributed by atoms with van der Waals surface area (Å²) >= 11 is 5.82. The quantitative estimate of drug-likeness (QED) is 0.537. The Bertz CT molecular complexity index is 1150. The summed E-state index contributed by atoms with van der Waals surface area (Å²) in [5, 5.41) is 0.482. The van der Waals surface area contributed by atoms with Crippen molar-refractivity contribution in [2.75, 3.05) is 4.72 Å². The Morgan fingerprint density at radius 1 is 0.923 bits per heavy atom. The lowest BCUT2D eigenvalue weighted by molar-refractivity contribution is 0.601. The van der Waals surface area contributed by atoms with Crippen molar-refractivity contribution < 1.29 is 8.42 Å². The van der Waals surface area contributed by atoms with Crippen LogP contribution in [0.4, 0.5) is 5.69 Å². The molecule has 0 saturated carbocycles. The number of benzene rings is 3. The number of nitrogens with one attached hydrogen (secondary N) is 2. The average Bonchev–Trinajstić information content (AvgIpc) is 3.06. The molecule has 0 aliphatic carbocycles. The van der Waals surface area contributed by atoms with E-state index in [1.54, 1.807) is 30.3 Å². The molecule has 0 atom stereocenters. The van der Waals surface area contributed by atoms with Crippen molar-refractivity contribution in [1.29, 1.82) is 0 Å². The van der Waals surface area contributed by atoms with Crippen LogP contribution in [0.15, 0.2) is 77.7 Å². The molecule has 1 aromatic heterocycles. The fraction of sp³-hybridized carbons (Fsp3) is 0. The number of sulfonamides is 1. The van der Waals surface area contributed by atoms with Crippen molar-refractivity contribution in [2.45, 2.75) is 4.90 Å². The van der Waals surface area contributed by atoms with Gasteiger partial charge in [-0.3, -0.25) is 4.72 Å². The number of anilines is 1. The first-order chi connectivity index (χ1) is 12.5. The second-order valence-corrected chi connectivity index (χ2v) is 7.86. The normalized spacial score (nSPS) is 11.6. The second-order valence-electron chi connectivity index (χ2n) is 5.74. The second kappa shape index (κ2) is 6.48. The number of imidazole rings is 1. The lowest BCUT2D eigenvalue weighted by atomic mass is 10.2. The van der Waals surface area contributed by atoms with Gasteiger partial charge in [-0.15, -0.1) is 0 Å². The topological polar surface area (TPSA) is 74.8 Å². The predicted octanol–water partition coefficient (Wildman–Crippen LogP) is 4.68. The third-order valence-electron chi connectivity index (χ3n) is 3.90. The van der Waals surface area contributed by atoms with E-state index in [9.17, 15) is 8.42 Å². The predicted molar refractivity (Wildman–Crippen MR) is 104 cm³/mol. The number of hydrogen-bond donors (Lipinski definition) is 2. The fourth-order valence-corrected chi connectivity index (χ4v) is 3.82. The zero-order chi connectivity index (χ0) is 18.1. The van der Waals surface area contributed by atoms with Crippen LogP contribution in [0.5, 0.6) is 0 Å². The number of H-pyrrole nitrogens is 1. The highest BCUT2D eigenvalue weighted by Crippen LogP contribution is 2.25. The molecule has 0 saturated heterocycles. The number of para-hydroxylation sites is 2. The lowest BCUT2D eigenvalue weighted by Gasteiger charge is -2.09. The van der Waals surface area contributed by atoms with Gasteiger partial charge in [-0.25, -0.2) is 13.4 Å². The smallest absolute Gasteiger partial charge is 0.261 e. The SMILES string of the molecule is O=S(=O)(Nc1cccc(-c2nc3ccccc3[nH]2)c1)c1ccc(Cl)cc1. The van der Waals surface area contributed by atoms with Gasteiger partial charge in [0, 0.05) is 16.3 Å². The molecule has 5 nitrogen and oxygen atoms in total. The Morgan fingerprint density at radius 2 is 1.69 bits per heavy atom. The van der Waals surface area contributed by atoms with Gasteiger partial charge in [-0.2, -0.15) is 0 Å². The van der Waals surface area contributed by atoms with Gasteiger partial charge in [0.05, 0.1) is 15.9 Å². The van der Waals surface area contributed by atoms with Gasteiger partial charge in [0.15, 0.2) is 0 Å². The highest BCUT2D eigenvalue weighted by molar-refractivity contribution is 7.92. The molecule has 2 N–H and O–H groups in total. The van der Waals surface area contributed by atoms with Crippen LogP contribution in [0, 0.1) is 0 Å². The molecule has 4 aromatic rings. The average molecular weight is 384 g/mol. The number of hydrogen-bond acceptors (Lipinski definition) is 3. The van der Waals surface area contributed by atoms with Crippen LogP contribution in [0.1, 0.15) is 0 Å². The van der Waals surface area contributed by atoms with E-state index in [1.807, 2.05) is 30.3 Å². The molecular formula is C19H14ClN3O2S. The number of aromatic amines is 1. The number of aromatic nitrogens is 2. The number of fused-ring (bicyclic) bond motifs is 1. The maximum Gasteiger partial charge on any atom is 0.261 e. The standard InChI is InChI=1S/C19H14ClN3O2S/c20-14-8-10-16(11-9-14)26(24,25)23-15-5-3-4-13(12-15)19-21-17-6-1-2-7-18(17)22-19/h1-12,23H,(H,21,22). The summed E-state index contributed by atoms with van der Waals surface area (Å²) in [6.45, 7) is 0. The number of nitrogens with zero attached hydrogens (tertiary/aromatic N) is 1. The molecule has 0 radical (unpaired) electrons. The number of rotatable bonds is 4. The maximum atomic E-state index is 12.5. The Hall–Kier alpha value is -2.83. The molecule has 0 aliphatic rings. The molecule has 130 valence electrons.